The van der Waals surface area contributed by atoms with Gasteiger partial charge in [0.05, 0.1) is 0 Å². The van der Waals surface area contributed by atoms with E-state index in [1.54, 1.807) is 57.2 Å². The van der Waals surface area contributed by atoms with Crippen LogP contribution in [0.2, 0.25) is 5.02 Å². The van der Waals surface area contributed by atoms with E-state index >= 15 is 0 Å². The van der Waals surface area contributed by atoms with Crippen LogP contribution >= 0.6 is 11.6 Å². The Balaban J connectivity index is 2.01. The fraction of sp³-hybridized carbons (Fsp3) is 0.409. The van der Waals surface area contributed by atoms with Crippen LogP contribution < -0.4 is 4.74 Å². The van der Waals surface area contributed by atoms with E-state index in [0.717, 1.165) is 5.56 Å². The van der Waals surface area contributed by atoms with E-state index in [9.17, 15) is 9.18 Å². The van der Waals surface area contributed by atoms with Gasteiger partial charge < -0.3 is 19.5 Å². The lowest BCUT2D eigenvalue weighted by Crippen LogP contribution is -2.38. The molecular weight excluding hydrogens is 397 g/mol. The van der Waals surface area contributed by atoms with Gasteiger partial charge in [-0.2, -0.15) is 0 Å². The number of ether oxygens (including phenoxy) is 2. The van der Waals surface area contributed by atoms with Crippen molar-refractivity contribution in [3.8, 4) is 11.5 Å². The van der Waals surface area contributed by atoms with Crippen molar-refractivity contribution in [1.29, 1.82) is 0 Å². The fourth-order valence-electron chi connectivity index (χ4n) is 2.56. The van der Waals surface area contributed by atoms with Crippen LogP contribution in [-0.4, -0.2) is 41.4 Å². The molecule has 0 aliphatic rings. The van der Waals surface area contributed by atoms with E-state index in [2.05, 4.69) is 0 Å². The van der Waals surface area contributed by atoms with E-state index in [1.165, 1.54) is 11.0 Å². The Morgan fingerprint density at radius 3 is 2.41 bits per heavy atom. The molecule has 0 heterocycles. The molecule has 0 fully saturated rings. The Labute approximate surface area is 176 Å². The highest BCUT2D eigenvalue weighted by Gasteiger charge is 2.21. The van der Waals surface area contributed by atoms with Gasteiger partial charge >= 0.3 is 6.09 Å². The summed E-state index contributed by atoms with van der Waals surface area (Å²) in [7, 11) is 0. The molecule has 158 valence electrons. The Morgan fingerprint density at radius 1 is 1.14 bits per heavy atom. The predicted molar refractivity (Wildman–Crippen MR) is 111 cm³/mol. The molecule has 0 spiro atoms. The maximum absolute atomic E-state index is 14.4. The average Bonchev–Trinajstić information content (AvgIpc) is 2.64. The number of aliphatic hydroxyl groups is 1. The summed E-state index contributed by atoms with van der Waals surface area (Å²) in [6.07, 6.45) is 0.443. The highest BCUT2D eigenvalue weighted by Crippen LogP contribution is 2.26. The minimum atomic E-state index is -0.610. The minimum absolute atomic E-state index is 0.0232. The molecule has 0 unspecified atom stereocenters. The molecule has 0 bridgehead atoms. The van der Waals surface area contributed by atoms with Crippen LogP contribution in [0.25, 0.3) is 0 Å². The van der Waals surface area contributed by atoms with Gasteiger partial charge in [-0.1, -0.05) is 17.7 Å². The Morgan fingerprint density at radius 2 is 1.83 bits per heavy atom. The first-order chi connectivity index (χ1) is 13.7. The molecule has 0 aromatic heterocycles. The van der Waals surface area contributed by atoms with Gasteiger partial charge in [-0.05, 0) is 75.6 Å². The molecule has 2 rings (SSSR count). The molecule has 1 amide bonds. The van der Waals surface area contributed by atoms with E-state index in [1.807, 2.05) is 0 Å². The Kier molecular flexibility index (Phi) is 8.29. The summed E-state index contributed by atoms with van der Waals surface area (Å²) in [6.45, 7) is 6.08. The number of hydrogen-bond acceptors (Lipinski definition) is 4. The van der Waals surface area contributed by atoms with Gasteiger partial charge in [-0.3, -0.25) is 0 Å². The van der Waals surface area contributed by atoms with Crippen molar-refractivity contribution in [2.45, 2.75) is 39.2 Å². The van der Waals surface area contributed by atoms with Crippen molar-refractivity contribution < 1.29 is 23.8 Å². The highest BCUT2D eigenvalue weighted by atomic mass is 35.5. The monoisotopic (exact) mass is 423 g/mol. The van der Waals surface area contributed by atoms with E-state index < -0.39 is 17.5 Å². The third-order valence-electron chi connectivity index (χ3n) is 3.95. The van der Waals surface area contributed by atoms with Crippen molar-refractivity contribution in [3.05, 3.63) is 58.9 Å². The number of carbonyl (C=O) groups is 1. The number of hydrogen-bond donors (Lipinski definition) is 1. The molecule has 2 aromatic rings. The SMILES string of the molecule is CC(C)(C)OC(=O)N(CCCO)CCc1ccc(Oc2ccc(Cl)cc2)c(F)c1. The molecule has 0 radical (unpaired) electrons. The standard InChI is InChI=1S/C22H27ClFNO4/c1-22(2,3)29-21(27)25(12-4-14-26)13-11-16-5-10-20(19(24)15-16)28-18-8-6-17(23)7-9-18/h5-10,15,26H,4,11-14H2,1-3H3. The quantitative estimate of drug-likeness (QED) is 0.614. The number of halogens is 2. The van der Waals surface area contributed by atoms with E-state index in [4.69, 9.17) is 26.2 Å². The first kappa shape index (κ1) is 23.0. The first-order valence-corrected chi connectivity index (χ1v) is 9.86. The number of nitrogens with zero attached hydrogens (tertiary/aromatic N) is 1. The number of rotatable bonds is 8. The lowest BCUT2D eigenvalue weighted by atomic mass is 10.1. The number of amides is 1. The number of carbonyl (C=O) groups excluding carboxylic acids is 1. The summed E-state index contributed by atoms with van der Waals surface area (Å²) in [4.78, 5) is 13.9. The zero-order chi connectivity index (χ0) is 21.4. The number of aliphatic hydroxyl groups excluding tert-OH is 1. The van der Waals surface area contributed by atoms with Crippen molar-refractivity contribution >= 4 is 17.7 Å². The van der Waals surface area contributed by atoms with Crippen LogP contribution in [0.1, 0.15) is 32.8 Å². The average molecular weight is 424 g/mol. The van der Waals surface area contributed by atoms with Gasteiger partial charge in [0, 0.05) is 24.7 Å². The van der Waals surface area contributed by atoms with Gasteiger partial charge in [0.25, 0.3) is 0 Å². The molecule has 1 N–H and O–H groups in total. The smallest absolute Gasteiger partial charge is 0.410 e. The third kappa shape index (κ3) is 7.91. The maximum atomic E-state index is 14.4. The zero-order valence-electron chi connectivity index (χ0n) is 17.0. The second kappa shape index (κ2) is 10.5. The van der Waals surface area contributed by atoms with Crippen LogP contribution in [0.4, 0.5) is 9.18 Å². The summed E-state index contributed by atoms with van der Waals surface area (Å²) < 4.78 is 25.4. The zero-order valence-corrected chi connectivity index (χ0v) is 17.7. The minimum Gasteiger partial charge on any atom is -0.454 e. The van der Waals surface area contributed by atoms with E-state index in [0.29, 0.717) is 36.7 Å². The predicted octanol–water partition coefficient (Wildman–Crippen LogP) is 5.43. The lowest BCUT2D eigenvalue weighted by molar-refractivity contribution is 0.0242. The summed E-state index contributed by atoms with van der Waals surface area (Å²) in [6, 6.07) is 11.4. The summed E-state index contributed by atoms with van der Waals surface area (Å²) in [5.74, 6) is 0.109. The largest absolute Gasteiger partial charge is 0.454 e. The molecule has 29 heavy (non-hydrogen) atoms. The molecule has 5 nitrogen and oxygen atoms in total. The summed E-state index contributed by atoms with van der Waals surface area (Å²) in [5.41, 5.74) is 0.116. The molecule has 0 saturated carbocycles. The van der Waals surface area contributed by atoms with Crippen molar-refractivity contribution in [2.75, 3.05) is 19.7 Å². The van der Waals surface area contributed by atoms with Gasteiger partial charge in [0.2, 0.25) is 0 Å². The molecule has 0 atom stereocenters. The van der Waals surface area contributed by atoms with Crippen LogP contribution in [0.15, 0.2) is 42.5 Å². The van der Waals surface area contributed by atoms with Crippen LogP contribution in [0.5, 0.6) is 11.5 Å². The molecule has 0 aliphatic heterocycles. The molecule has 0 aliphatic carbocycles. The Hall–Kier alpha value is -2.31. The van der Waals surface area contributed by atoms with Crippen molar-refractivity contribution in [1.82, 2.24) is 4.90 Å². The van der Waals surface area contributed by atoms with Gasteiger partial charge in [0.15, 0.2) is 11.6 Å². The topological polar surface area (TPSA) is 59.0 Å². The normalized spacial score (nSPS) is 11.2. The first-order valence-electron chi connectivity index (χ1n) is 9.48. The molecular formula is C22H27ClFNO4. The summed E-state index contributed by atoms with van der Waals surface area (Å²) in [5, 5.41) is 9.64. The second-order valence-corrected chi connectivity index (χ2v) is 8.05. The Bertz CT molecular complexity index is 805. The van der Waals surface area contributed by atoms with Crippen LogP contribution in [-0.2, 0) is 11.2 Å². The molecule has 2 aromatic carbocycles. The second-order valence-electron chi connectivity index (χ2n) is 7.62. The third-order valence-corrected chi connectivity index (χ3v) is 4.20. The van der Waals surface area contributed by atoms with Crippen molar-refractivity contribution in [2.24, 2.45) is 0 Å². The summed E-state index contributed by atoms with van der Waals surface area (Å²) >= 11 is 5.84. The molecule has 7 heteroatoms. The maximum Gasteiger partial charge on any atom is 0.410 e. The van der Waals surface area contributed by atoms with Gasteiger partial charge in [-0.25, -0.2) is 9.18 Å². The van der Waals surface area contributed by atoms with Gasteiger partial charge in [0.1, 0.15) is 11.4 Å². The van der Waals surface area contributed by atoms with Crippen molar-refractivity contribution in [3.63, 3.8) is 0 Å². The highest BCUT2D eigenvalue weighted by molar-refractivity contribution is 6.30. The van der Waals surface area contributed by atoms with E-state index in [-0.39, 0.29) is 12.4 Å². The lowest BCUT2D eigenvalue weighted by Gasteiger charge is -2.27. The van der Waals surface area contributed by atoms with Gasteiger partial charge in [-0.15, -0.1) is 0 Å². The van der Waals surface area contributed by atoms with Crippen LogP contribution in [0, 0.1) is 5.82 Å². The number of benzene rings is 2. The molecule has 0 saturated heterocycles. The fourth-order valence-corrected chi connectivity index (χ4v) is 2.68. The van der Waals surface area contributed by atoms with Crippen LogP contribution in [0.3, 0.4) is 0 Å².